The van der Waals surface area contributed by atoms with Crippen molar-refractivity contribution in [3.8, 4) is 0 Å². The van der Waals surface area contributed by atoms with Crippen molar-refractivity contribution in [3.05, 3.63) is 29.8 Å². The van der Waals surface area contributed by atoms with E-state index in [0.29, 0.717) is 0 Å². The van der Waals surface area contributed by atoms with Crippen molar-refractivity contribution in [2.75, 3.05) is 0 Å². The number of unbranched alkanes of at least 4 members (excludes halogenated alkanes) is 3. The lowest BCUT2D eigenvalue weighted by atomic mass is 10.2. The van der Waals surface area contributed by atoms with Gasteiger partial charge in [0.1, 0.15) is 11.6 Å². The van der Waals surface area contributed by atoms with E-state index >= 15 is 0 Å². The zero-order valence-corrected chi connectivity index (χ0v) is 12.3. The minimum atomic E-state index is -0.226. The monoisotopic (exact) mass is 282 g/mol. The molecule has 1 atom stereocenters. The number of nitrogens with zero attached hydrogens (tertiary/aromatic N) is 2. The van der Waals surface area contributed by atoms with Crippen molar-refractivity contribution < 1.29 is 4.39 Å². The second-order valence-electron chi connectivity index (χ2n) is 4.93. The summed E-state index contributed by atoms with van der Waals surface area (Å²) in [5, 5.41) is -0.165. The molecule has 2 aromatic rings. The molecule has 2 rings (SSSR count). The third-order valence-corrected chi connectivity index (χ3v) is 3.53. The molecule has 0 N–H and O–H groups in total. The number of aryl methyl sites for hydroxylation is 1. The van der Waals surface area contributed by atoms with Gasteiger partial charge in [-0.3, -0.25) is 0 Å². The second-order valence-corrected chi connectivity index (χ2v) is 5.59. The van der Waals surface area contributed by atoms with Gasteiger partial charge in [-0.15, -0.1) is 11.6 Å². The van der Waals surface area contributed by atoms with Gasteiger partial charge in [-0.05, 0) is 31.5 Å². The molecule has 1 heterocycles. The molecule has 104 valence electrons. The standard InChI is InChI=1S/C15H20ClFN2/c1-3-4-5-6-9-19-14-10-12(17)7-8-13(14)18-15(19)11(2)16/h7-8,10-11H,3-6,9H2,1-2H3. The van der Waals surface area contributed by atoms with Gasteiger partial charge < -0.3 is 4.57 Å². The van der Waals surface area contributed by atoms with Gasteiger partial charge in [0.15, 0.2) is 0 Å². The van der Waals surface area contributed by atoms with E-state index in [-0.39, 0.29) is 11.2 Å². The maximum atomic E-state index is 13.4. The summed E-state index contributed by atoms with van der Waals surface area (Å²) < 4.78 is 15.5. The minimum Gasteiger partial charge on any atom is -0.327 e. The summed E-state index contributed by atoms with van der Waals surface area (Å²) in [5.41, 5.74) is 1.67. The predicted molar refractivity (Wildman–Crippen MR) is 78.1 cm³/mol. The summed E-state index contributed by atoms with van der Waals surface area (Å²) in [4.78, 5) is 4.52. The Morgan fingerprint density at radius 2 is 2.11 bits per heavy atom. The minimum absolute atomic E-state index is 0.165. The Morgan fingerprint density at radius 1 is 1.32 bits per heavy atom. The van der Waals surface area contributed by atoms with Gasteiger partial charge in [0.2, 0.25) is 0 Å². The largest absolute Gasteiger partial charge is 0.327 e. The Balaban J connectivity index is 2.31. The van der Waals surface area contributed by atoms with Crippen molar-refractivity contribution in [1.29, 1.82) is 0 Å². The Kier molecular flexibility index (Phi) is 4.81. The Bertz CT molecular complexity index is 548. The van der Waals surface area contributed by atoms with E-state index in [4.69, 9.17) is 11.6 Å². The van der Waals surface area contributed by atoms with Crippen LogP contribution < -0.4 is 0 Å². The summed E-state index contributed by atoms with van der Waals surface area (Å²) in [6.45, 7) is 4.95. The normalized spacial score (nSPS) is 13.1. The van der Waals surface area contributed by atoms with Crippen molar-refractivity contribution >= 4 is 22.6 Å². The maximum absolute atomic E-state index is 13.4. The van der Waals surface area contributed by atoms with E-state index in [1.807, 2.05) is 6.92 Å². The van der Waals surface area contributed by atoms with Gasteiger partial charge in [0.05, 0.1) is 16.4 Å². The SMILES string of the molecule is CCCCCCn1c(C(C)Cl)nc2ccc(F)cc21. The number of fused-ring (bicyclic) bond motifs is 1. The zero-order chi connectivity index (χ0) is 13.8. The second kappa shape index (κ2) is 6.38. The lowest BCUT2D eigenvalue weighted by molar-refractivity contribution is 0.573. The summed E-state index contributed by atoms with van der Waals surface area (Å²) in [7, 11) is 0. The number of alkyl halides is 1. The molecule has 4 heteroatoms. The third-order valence-electron chi connectivity index (χ3n) is 3.33. The average molecular weight is 283 g/mol. The van der Waals surface area contributed by atoms with Crippen LogP contribution in [-0.4, -0.2) is 9.55 Å². The molecule has 2 nitrogen and oxygen atoms in total. The van der Waals surface area contributed by atoms with Crippen LogP contribution in [-0.2, 0) is 6.54 Å². The summed E-state index contributed by atoms with van der Waals surface area (Å²) in [6.07, 6.45) is 4.69. The molecular formula is C15H20ClFN2. The van der Waals surface area contributed by atoms with Crippen LogP contribution in [0.3, 0.4) is 0 Å². The molecule has 19 heavy (non-hydrogen) atoms. The highest BCUT2D eigenvalue weighted by Gasteiger charge is 2.15. The van der Waals surface area contributed by atoms with Crippen LogP contribution in [0.2, 0.25) is 0 Å². The Hall–Kier alpha value is -1.09. The molecule has 0 saturated heterocycles. The van der Waals surface area contributed by atoms with Crippen LogP contribution in [0.25, 0.3) is 11.0 Å². The number of aromatic nitrogens is 2. The Morgan fingerprint density at radius 3 is 2.79 bits per heavy atom. The number of hydrogen-bond donors (Lipinski definition) is 0. The van der Waals surface area contributed by atoms with Crippen molar-refractivity contribution in [2.24, 2.45) is 0 Å². The molecule has 1 aromatic carbocycles. The average Bonchev–Trinajstić information content (AvgIpc) is 2.73. The van der Waals surface area contributed by atoms with Crippen molar-refractivity contribution in [3.63, 3.8) is 0 Å². The fraction of sp³-hybridized carbons (Fsp3) is 0.533. The van der Waals surface area contributed by atoms with Gasteiger partial charge in [-0.2, -0.15) is 0 Å². The zero-order valence-electron chi connectivity index (χ0n) is 11.5. The molecular weight excluding hydrogens is 263 g/mol. The molecule has 0 aliphatic heterocycles. The van der Waals surface area contributed by atoms with E-state index in [2.05, 4.69) is 16.5 Å². The molecule has 0 amide bonds. The summed E-state index contributed by atoms with van der Waals surface area (Å²) >= 11 is 6.18. The molecule has 0 bridgehead atoms. The van der Waals surface area contributed by atoms with Gasteiger partial charge >= 0.3 is 0 Å². The highest BCUT2D eigenvalue weighted by Crippen LogP contribution is 2.25. The smallest absolute Gasteiger partial charge is 0.127 e. The van der Waals surface area contributed by atoms with E-state index in [1.54, 1.807) is 12.1 Å². The van der Waals surface area contributed by atoms with Crippen LogP contribution in [0.1, 0.15) is 50.7 Å². The lowest BCUT2D eigenvalue weighted by Crippen LogP contribution is -2.04. The van der Waals surface area contributed by atoms with Crippen molar-refractivity contribution in [1.82, 2.24) is 9.55 Å². The molecule has 0 spiro atoms. The van der Waals surface area contributed by atoms with Crippen LogP contribution in [0.4, 0.5) is 4.39 Å². The molecule has 0 fully saturated rings. The van der Waals surface area contributed by atoms with E-state index < -0.39 is 0 Å². The number of halogens is 2. The maximum Gasteiger partial charge on any atom is 0.127 e. The number of imidazole rings is 1. The van der Waals surface area contributed by atoms with Crippen LogP contribution >= 0.6 is 11.6 Å². The lowest BCUT2D eigenvalue weighted by Gasteiger charge is -2.10. The first-order chi connectivity index (χ1) is 9.13. The fourth-order valence-corrected chi connectivity index (χ4v) is 2.52. The van der Waals surface area contributed by atoms with E-state index in [9.17, 15) is 4.39 Å². The molecule has 0 radical (unpaired) electrons. The first-order valence-electron chi connectivity index (χ1n) is 6.93. The van der Waals surface area contributed by atoms with E-state index in [1.165, 1.54) is 25.3 Å². The van der Waals surface area contributed by atoms with E-state index in [0.717, 1.165) is 29.8 Å². The van der Waals surface area contributed by atoms with Crippen LogP contribution in [0.15, 0.2) is 18.2 Å². The Labute approximate surface area is 118 Å². The van der Waals surface area contributed by atoms with Gasteiger partial charge in [0, 0.05) is 6.54 Å². The first-order valence-corrected chi connectivity index (χ1v) is 7.37. The predicted octanol–water partition coefficient (Wildman–Crippen LogP) is 5.06. The fourth-order valence-electron chi connectivity index (χ4n) is 2.35. The topological polar surface area (TPSA) is 17.8 Å². The first kappa shape index (κ1) is 14.3. The van der Waals surface area contributed by atoms with Crippen LogP contribution in [0, 0.1) is 5.82 Å². The van der Waals surface area contributed by atoms with Crippen LogP contribution in [0.5, 0.6) is 0 Å². The third kappa shape index (κ3) is 3.27. The quantitative estimate of drug-likeness (QED) is 0.535. The number of rotatable bonds is 6. The molecule has 0 aliphatic carbocycles. The molecule has 0 saturated carbocycles. The highest BCUT2D eigenvalue weighted by molar-refractivity contribution is 6.20. The molecule has 1 unspecified atom stereocenters. The molecule has 0 aliphatic rings. The van der Waals surface area contributed by atoms with Gasteiger partial charge in [-0.25, -0.2) is 9.37 Å². The highest BCUT2D eigenvalue weighted by atomic mass is 35.5. The van der Waals surface area contributed by atoms with Gasteiger partial charge in [0.25, 0.3) is 0 Å². The van der Waals surface area contributed by atoms with Crippen molar-refractivity contribution in [2.45, 2.75) is 51.5 Å². The number of hydrogen-bond acceptors (Lipinski definition) is 1. The number of benzene rings is 1. The molecule has 1 aromatic heterocycles. The summed E-state index contributed by atoms with van der Waals surface area (Å²) in [5.74, 6) is 0.606. The summed E-state index contributed by atoms with van der Waals surface area (Å²) in [6, 6.07) is 4.71. The van der Waals surface area contributed by atoms with Gasteiger partial charge in [-0.1, -0.05) is 26.2 Å².